The Morgan fingerprint density at radius 3 is 1.28 bits per heavy atom. The summed E-state index contributed by atoms with van der Waals surface area (Å²) < 4.78 is 74.0. The van der Waals surface area contributed by atoms with Gasteiger partial charge in [-0.25, -0.2) is 55.2 Å². The molecule has 0 aliphatic heterocycles. The van der Waals surface area contributed by atoms with E-state index in [1.807, 2.05) is 49.4 Å². The molecule has 3 amide bonds. The molecule has 12 aromatic rings. The second kappa shape index (κ2) is 28.2. The lowest BCUT2D eigenvalue weighted by atomic mass is 10.1. The lowest BCUT2D eigenvalue weighted by Crippen LogP contribution is -2.30. The molecule has 0 bridgehead atoms. The predicted molar refractivity (Wildman–Crippen MR) is 370 cm³/mol. The van der Waals surface area contributed by atoms with Crippen molar-refractivity contribution in [2.75, 3.05) is 17.7 Å². The van der Waals surface area contributed by atoms with Crippen LogP contribution in [0.4, 0.5) is 11.5 Å². The zero-order valence-corrected chi connectivity index (χ0v) is 54.9. The third kappa shape index (κ3) is 15.0. The number of anilines is 2. The standard InChI is InChI=1S/C24H24N4O4S.C23H23N5O3S.C20H20N6O3S.4H2/c1-15(2)33(31,32)18-10-8-17(9-11-18)20-13-26-23-22(27-20)19(12-25-23)24(30)28-21(14-29)16-6-4-3-5-7-16;1-14(2)32(30,31)18-9-5-16(6-10-18)20-13-26-22-21(28-20)19(12-25-22)23(29)27-11-15-3-7-17(24)8-4-15;1-11(2)30(28,29)14-6-4-13(5-7-14)16-10-22-19-18(23-16)15(9-21-19)20(27)24-17-8-12(3)25-26-17;;;;/h3-13,15,21,29H,14H2,1-2H3,(H,25,26)(H,28,30);3-10,12-14H,11,24H2,1-2H3,(H,25,26)(H,27,29);4-11H,1-3H3,(H,21,22)(H2,24,25,26,27);4*1H/t21-;;;;;;/m0....../s1. The number of aromatic nitrogens is 11. The molecule has 0 saturated heterocycles. The molecule has 0 aliphatic carbocycles. The van der Waals surface area contributed by atoms with Gasteiger partial charge >= 0.3 is 0 Å². The summed E-state index contributed by atoms with van der Waals surface area (Å²) in [5.41, 5.74) is 16.2. The summed E-state index contributed by atoms with van der Waals surface area (Å²) in [6.07, 6.45) is 9.37. The van der Waals surface area contributed by atoms with Gasteiger partial charge in [-0.2, -0.15) is 5.10 Å². The Balaban J connectivity index is 0.000000230. The van der Waals surface area contributed by atoms with E-state index in [2.05, 4.69) is 71.0 Å². The zero-order valence-electron chi connectivity index (χ0n) is 52.4. The molecule has 0 unspecified atom stereocenters. The van der Waals surface area contributed by atoms with Crippen LogP contribution in [-0.4, -0.2) is 125 Å². The van der Waals surface area contributed by atoms with Crippen molar-refractivity contribution in [3.05, 3.63) is 204 Å². The largest absolute Gasteiger partial charge is 0.399 e. The Hall–Kier alpha value is -10.8. The molecule has 7 heterocycles. The molecule has 0 spiro atoms. The Kier molecular flexibility index (Phi) is 19.9. The van der Waals surface area contributed by atoms with Crippen molar-refractivity contribution in [1.82, 2.24) is 65.7 Å². The summed E-state index contributed by atoms with van der Waals surface area (Å²) in [7, 11) is -10.1. The first-order chi connectivity index (χ1) is 45.3. The van der Waals surface area contributed by atoms with E-state index >= 15 is 0 Å². The highest BCUT2D eigenvalue weighted by molar-refractivity contribution is 7.92. The van der Waals surface area contributed by atoms with Gasteiger partial charge in [0, 0.05) is 65.0 Å². The number of benzene rings is 5. The summed E-state index contributed by atoms with van der Waals surface area (Å²) in [4.78, 5) is 74.7. The average Bonchev–Trinajstić information content (AvgIpc) is 1.73. The van der Waals surface area contributed by atoms with Crippen molar-refractivity contribution in [3.8, 4) is 33.8 Å². The molecule has 0 fully saturated rings. The Labute approximate surface area is 552 Å². The van der Waals surface area contributed by atoms with Gasteiger partial charge in [0.2, 0.25) is 0 Å². The van der Waals surface area contributed by atoms with E-state index in [4.69, 9.17) is 5.73 Å². The van der Waals surface area contributed by atoms with Gasteiger partial charge < -0.3 is 41.7 Å². The van der Waals surface area contributed by atoms with Crippen LogP contribution in [0.1, 0.15) is 101 Å². The molecule has 0 radical (unpaired) electrons. The van der Waals surface area contributed by atoms with Gasteiger partial charge in [0.1, 0.15) is 16.6 Å². The van der Waals surface area contributed by atoms with E-state index in [0.717, 1.165) is 16.8 Å². The quantitative estimate of drug-likeness (QED) is 0.0360. The van der Waals surface area contributed by atoms with Crippen molar-refractivity contribution in [1.29, 1.82) is 0 Å². The molecule has 10 N–H and O–H groups in total. The zero-order chi connectivity index (χ0) is 67.9. The number of nitrogens with zero attached hydrogens (tertiary/aromatic N) is 7. The molecule has 25 nitrogen and oxygen atoms in total. The van der Waals surface area contributed by atoms with E-state index in [0.29, 0.717) is 102 Å². The predicted octanol–water partition coefficient (Wildman–Crippen LogP) is 10.7. The number of nitrogens with one attached hydrogen (secondary N) is 7. The fraction of sp³-hybridized carbons (Fsp3) is 0.194. The van der Waals surface area contributed by atoms with Crippen molar-refractivity contribution >= 4 is 92.2 Å². The van der Waals surface area contributed by atoms with E-state index in [1.54, 1.807) is 164 Å². The number of hydrogen-bond donors (Lipinski definition) is 9. The number of carbonyl (C=O) groups excluding carboxylic acids is 3. The highest BCUT2D eigenvalue weighted by Crippen LogP contribution is 2.29. The van der Waals surface area contributed by atoms with Crippen LogP contribution in [0, 0.1) is 6.92 Å². The number of carbonyl (C=O) groups is 3. The smallest absolute Gasteiger partial charge is 0.260 e. The number of sulfone groups is 3. The maximum atomic E-state index is 13.0. The number of fused-ring (bicyclic) bond motifs is 3. The average molecular weight is 1350 g/mol. The molecule has 7 aromatic heterocycles. The summed E-state index contributed by atoms with van der Waals surface area (Å²) in [5, 5.41) is 23.4. The van der Waals surface area contributed by atoms with Gasteiger partial charge in [0.15, 0.2) is 52.3 Å². The third-order valence-electron chi connectivity index (χ3n) is 15.2. The molecular weight excluding hydrogens is 1270 g/mol. The molecule has 28 heteroatoms. The van der Waals surface area contributed by atoms with Gasteiger partial charge in [-0.05, 0) is 108 Å². The van der Waals surface area contributed by atoms with Crippen LogP contribution in [0.5, 0.6) is 0 Å². The summed E-state index contributed by atoms with van der Waals surface area (Å²) in [6.45, 7) is 11.8. The Bertz CT molecular complexity index is 5140. The minimum Gasteiger partial charge on any atom is -0.399 e. The minimum absolute atomic E-state index is 0. The van der Waals surface area contributed by atoms with Crippen molar-refractivity contribution in [2.24, 2.45) is 0 Å². The topological polar surface area (TPSA) is 389 Å². The van der Waals surface area contributed by atoms with Crippen LogP contribution >= 0.6 is 0 Å². The van der Waals surface area contributed by atoms with Gasteiger partial charge in [-0.3, -0.25) is 19.5 Å². The van der Waals surface area contributed by atoms with Crippen molar-refractivity contribution in [3.63, 3.8) is 0 Å². The summed E-state index contributed by atoms with van der Waals surface area (Å²) >= 11 is 0. The lowest BCUT2D eigenvalue weighted by molar-refractivity contribution is 0.0915. The number of aryl methyl sites for hydroxylation is 1. The van der Waals surface area contributed by atoms with E-state index in [-0.39, 0.29) is 38.8 Å². The maximum Gasteiger partial charge on any atom is 0.260 e. The first-order valence-corrected chi connectivity index (χ1v) is 34.4. The summed E-state index contributed by atoms with van der Waals surface area (Å²) in [6, 6.07) is 37.1. The number of nitrogens with two attached hydrogens (primary N) is 1. The van der Waals surface area contributed by atoms with Crippen LogP contribution in [-0.2, 0) is 36.1 Å². The highest BCUT2D eigenvalue weighted by Gasteiger charge is 2.25. The van der Waals surface area contributed by atoms with Gasteiger partial charge in [-0.15, -0.1) is 0 Å². The fourth-order valence-electron chi connectivity index (χ4n) is 9.61. The van der Waals surface area contributed by atoms with Crippen LogP contribution in [0.15, 0.2) is 185 Å². The lowest BCUT2D eigenvalue weighted by Gasteiger charge is -2.16. The number of nitrogen functional groups attached to an aromatic ring is 1. The molecule has 0 saturated carbocycles. The van der Waals surface area contributed by atoms with Crippen LogP contribution in [0.2, 0.25) is 0 Å². The van der Waals surface area contributed by atoms with Crippen LogP contribution in [0.25, 0.3) is 67.3 Å². The molecule has 1 atom stereocenters. The van der Waals surface area contributed by atoms with E-state index < -0.39 is 57.2 Å². The molecule has 95 heavy (non-hydrogen) atoms. The first kappa shape index (κ1) is 67.1. The Morgan fingerprint density at radius 1 is 0.526 bits per heavy atom. The number of hydrogen-bond acceptors (Lipinski definition) is 18. The molecule has 0 aliphatic rings. The number of aliphatic hydroxyl groups excluding tert-OH is 1. The second-order valence-corrected chi connectivity index (χ2v) is 30.3. The fourth-order valence-corrected chi connectivity index (χ4v) is 12.8. The maximum absolute atomic E-state index is 13.0. The van der Waals surface area contributed by atoms with Crippen LogP contribution < -0.4 is 21.7 Å². The van der Waals surface area contributed by atoms with E-state index in [9.17, 15) is 44.7 Å². The first-order valence-electron chi connectivity index (χ1n) is 29.8. The highest BCUT2D eigenvalue weighted by atomic mass is 32.2. The number of amides is 3. The number of H-pyrrole nitrogens is 4. The molecule has 12 rings (SSSR count). The van der Waals surface area contributed by atoms with Gasteiger partial charge in [0.05, 0.1) is 95.4 Å². The second-order valence-electron chi connectivity index (χ2n) is 22.8. The van der Waals surface area contributed by atoms with Crippen molar-refractivity contribution < 1.29 is 50.5 Å². The summed E-state index contributed by atoms with van der Waals surface area (Å²) in [5.74, 6) is -0.623. The SMILES string of the molecule is CC(C)S(=O)(=O)c1ccc(-c2cnc3[nH]cc(C(=O)NCc4ccc(N)cc4)c3n2)cc1.CC(C)S(=O)(=O)c1ccc(-c2cnc3[nH]cc(C(=O)N[C@@H](CO)c4ccccc4)c3n2)cc1.Cc1cc(NC(=O)c2c[nH]c3ncc(-c4ccc(S(=O)(=O)C(C)C)cc4)nc23)n[nH]1.[HH].[HH].[HH].[HH]. The normalized spacial score (nSPS) is 12.1. The monoisotopic (exact) mass is 1350 g/mol. The van der Waals surface area contributed by atoms with Crippen LogP contribution in [0.3, 0.4) is 0 Å². The van der Waals surface area contributed by atoms with Crippen molar-refractivity contribution in [2.45, 2.75) is 91.5 Å². The minimum atomic E-state index is -3.37. The molecule has 496 valence electrons. The number of aromatic amines is 4. The van der Waals surface area contributed by atoms with Gasteiger partial charge in [0.25, 0.3) is 17.7 Å². The molecule has 5 aromatic carbocycles. The number of aliphatic hydroxyl groups is 1. The van der Waals surface area contributed by atoms with E-state index in [1.165, 1.54) is 6.20 Å². The Morgan fingerprint density at radius 2 is 0.916 bits per heavy atom. The van der Waals surface area contributed by atoms with Gasteiger partial charge in [-0.1, -0.05) is 78.9 Å². The molecular formula is C67H75N15O10S3. The third-order valence-corrected chi connectivity index (χ3v) is 21.8. The number of rotatable bonds is 18.